The minimum absolute atomic E-state index is 0.308. The fourth-order valence-electron chi connectivity index (χ4n) is 10.6. The fraction of sp³-hybridized carbons (Fsp3) is 0.0625. The fourth-order valence-corrected chi connectivity index (χ4v) is 10.6. The lowest BCUT2D eigenvalue weighted by Crippen LogP contribution is -2.30. The summed E-state index contributed by atoms with van der Waals surface area (Å²) in [4.78, 5) is 2.49. The number of anilines is 3. The van der Waals surface area contributed by atoms with Crippen molar-refractivity contribution in [2.75, 3.05) is 4.90 Å². The van der Waals surface area contributed by atoms with Gasteiger partial charge in [0, 0.05) is 33.3 Å². The largest absolute Gasteiger partial charge is 0.455 e. The SMILES string of the molecule is CC(C)c1cc(-c2ccc(N(c3ccc(-c4ccccc4)cc3)c3ccc(-c4ccccc4)cc3)c3c2-c2ccccc2C3(c2ccccc2)c2ccccc2)c2oc3ccccc3c2c1. The van der Waals surface area contributed by atoms with Gasteiger partial charge in [-0.2, -0.15) is 0 Å². The predicted molar refractivity (Wildman–Crippen MR) is 276 cm³/mol. The Bertz CT molecular complexity index is 3390. The Labute approximate surface area is 386 Å². The molecule has 0 spiro atoms. The number of hydrogen-bond acceptors (Lipinski definition) is 2. The van der Waals surface area contributed by atoms with Crippen molar-refractivity contribution in [2.24, 2.45) is 0 Å². The molecule has 0 unspecified atom stereocenters. The summed E-state index contributed by atoms with van der Waals surface area (Å²) in [6.45, 7) is 4.58. The third kappa shape index (κ3) is 6.32. The van der Waals surface area contributed by atoms with Crippen LogP contribution in [0.5, 0.6) is 0 Å². The first-order valence-corrected chi connectivity index (χ1v) is 23.0. The number of furan rings is 1. The highest BCUT2D eigenvalue weighted by Gasteiger charge is 2.49. The summed E-state index contributed by atoms with van der Waals surface area (Å²) < 4.78 is 6.94. The van der Waals surface area contributed by atoms with Crippen LogP contribution in [0.2, 0.25) is 0 Å². The summed E-state index contributed by atoms with van der Waals surface area (Å²) in [5.41, 5.74) is 20.0. The van der Waals surface area contributed by atoms with Gasteiger partial charge in [-0.3, -0.25) is 0 Å². The van der Waals surface area contributed by atoms with Crippen LogP contribution >= 0.6 is 0 Å². The third-order valence-corrected chi connectivity index (χ3v) is 13.7. The van der Waals surface area contributed by atoms with Gasteiger partial charge in [-0.25, -0.2) is 0 Å². The molecule has 11 aromatic rings. The second kappa shape index (κ2) is 16.1. The maximum atomic E-state index is 6.94. The highest BCUT2D eigenvalue weighted by atomic mass is 16.3. The summed E-state index contributed by atoms with van der Waals surface area (Å²) in [5, 5.41) is 2.28. The third-order valence-electron chi connectivity index (χ3n) is 13.7. The van der Waals surface area contributed by atoms with Crippen molar-refractivity contribution in [1.82, 2.24) is 0 Å². The van der Waals surface area contributed by atoms with Crippen LogP contribution in [-0.4, -0.2) is 0 Å². The number of para-hydroxylation sites is 1. The minimum Gasteiger partial charge on any atom is -0.455 e. The highest BCUT2D eigenvalue weighted by molar-refractivity contribution is 6.12. The molecule has 12 rings (SSSR count). The normalized spacial score (nSPS) is 12.7. The second-order valence-corrected chi connectivity index (χ2v) is 17.8. The molecule has 0 saturated carbocycles. The van der Waals surface area contributed by atoms with E-state index in [1.54, 1.807) is 0 Å². The number of fused-ring (bicyclic) bond motifs is 6. The molecule has 1 aliphatic rings. The zero-order valence-electron chi connectivity index (χ0n) is 37.0. The van der Waals surface area contributed by atoms with E-state index in [-0.39, 0.29) is 0 Å². The molecule has 0 radical (unpaired) electrons. The lowest BCUT2D eigenvalue weighted by Gasteiger charge is -2.38. The van der Waals surface area contributed by atoms with Crippen molar-refractivity contribution in [3.63, 3.8) is 0 Å². The highest BCUT2D eigenvalue weighted by Crippen LogP contribution is 2.62. The maximum absolute atomic E-state index is 6.94. The van der Waals surface area contributed by atoms with Crippen molar-refractivity contribution >= 4 is 39.0 Å². The first-order valence-electron chi connectivity index (χ1n) is 23.0. The zero-order valence-corrected chi connectivity index (χ0v) is 37.0. The van der Waals surface area contributed by atoms with Crippen LogP contribution < -0.4 is 4.90 Å². The van der Waals surface area contributed by atoms with Crippen molar-refractivity contribution < 1.29 is 4.42 Å². The van der Waals surface area contributed by atoms with Gasteiger partial charge in [0.1, 0.15) is 11.2 Å². The number of nitrogens with zero attached hydrogens (tertiary/aromatic N) is 1. The molecule has 0 saturated heterocycles. The lowest BCUT2D eigenvalue weighted by molar-refractivity contribution is 0.669. The molecule has 2 heteroatoms. The topological polar surface area (TPSA) is 16.4 Å². The van der Waals surface area contributed by atoms with Gasteiger partial charge in [0.25, 0.3) is 0 Å². The van der Waals surface area contributed by atoms with Crippen LogP contribution in [0.25, 0.3) is 66.4 Å². The van der Waals surface area contributed by atoms with Gasteiger partial charge in [0.05, 0.1) is 11.1 Å². The smallest absolute Gasteiger partial charge is 0.143 e. The number of rotatable bonds is 9. The molecule has 10 aromatic carbocycles. The molecule has 1 aliphatic carbocycles. The molecule has 2 nitrogen and oxygen atoms in total. The summed E-state index contributed by atoms with van der Waals surface area (Å²) in [6.07, 6.45) is 0. The van der Waals surface area contributed by atoms with Crippen LogP contribution in [0.3, 0.4) is 0 Å². The molecule has 0 atom stereocenters. The molecule has 1 aromatic heterocycles. The average Bonchev–Trinajstić information content (AvgIpc) is 3.92. The van der Waals surface area contributed by atoms with Gasteiger partial charge < -0.3 is 9.32 Å². The van der Waals surface area contributed by atoms with Gasteiger partial charge in [-0.1, -0.05) is 208 Å². The zero-order chi connectivity index (χ0) is 44.2. The van der Waals surface area contributed by atoms with E-state index in [9.17, 15) is 0 Å². The van der Waals surface area contributed by atoms with Crippen LogP contribution in [-0.2, 0) is 5.41 Å². The van der Waals surface area contributed by atoms with Crippen molar-refractivity contribution in [1.29, 1.82) is 0 Å². The quantitative estimate of drug-likeness (QED) is 0.144. The first kappa shape index (κ1) is 39.4. The molecular formula is C64H47NO. The Morgan fingerprint density at radius 3 is 1.48 bits per heavy atom. The molecule has 0 N–H and O–H groups in total. The molecule has 314 valence electrons. The van der Waals surface area contributed by atoms with Gasteiger partial charge in [-0.15, -0.1) is 0 Å². The lowest BCUT2D eigenvalue weighted by atomic mass is 9.67. The van der Waals surface area contributed by atoms with Gasteiger partial charge in [0.2, 0.25) is 0 Å². The minimum atomic E-state index is -0.700. The standard InChI is InChI=1S/C64H47NO/c1-43(2)48-41-56-53-27-16-18-30-60(53)66-63(56)57(42-48)54-39-40-59(62-61(54)55-28-15-17-29-58(55)64(62,49-23-11-5-12-24-49)50-25-13-6-14-26-50)65(51-35-31-46(32-36-51)44-19-7-3-8-20-44)52-37-33-47(34-38-52)45-21-9-4-10-22-45/h3-43H,1-2H3. The van der Waals surface area contributed by atoms with E-state index in [2.05, 4.69) is 261 Å². The molecule has 0 bridgehead atoms. The Kier molecular flexibility index (Phi) is 9.61. The number of hydrogen-bond donors (Lipinski definition) is 0. The van der Waals surface area contributed by atoms with Crippen molar-refractivity contribution in [3.05, 3.63) is 270 Å². The molecule has 0 aliphatic heterocycles. The average molecular weight is 846 g/mol. The van der Waals surface area contributed by atoms with Gasteiger partial charge >= 0.3 is 0 Å². The summed E-state index contributed by atoms with van der Waals surface area (Å²) >= 11 is 0. The molecule has 66 heavy (non-hydrogen) atoms. The number of benzene rings is 10. The Morgan fingerprint density at radius 1 is 0.409 bits per heavy atom. The Morgan fingerprint density at radius 2 is 0.909 bits per heavy atom. The monoisotopic (exact) mass is 845 g/mol. The van der Waals surface area contributed by atoms with Crippen LogP contribution in [0.1, 0.15) is 47.6 Å². The summed E-state index contributed by atoms with van der Waals surface area (Å²) in [6, 6.07) is 88.8. The van der Waals surface area contributed by atoms with Crippen molar-refractivity contribution in [2.45, 2.75) is 25.2 Å². The van der Waals surface area contributed by atoms with E-state index >= 15 is 0 Å². The van der Waals surface area contributed by atoms with E-state index in [4.69, 9.17) is 4.42 Å². The van der Waals surface area contributed by atoms with Crippen molar-refractivity contribution in [3.8, 4) is 44.5 Å². The van der Waals surface area contributed by atoms with Gasteiger partial charge in [-0.05, 0) is 116 Å². The first-order chi connectivity index (χ1) is 32.6. The van der Waals surface area contributed by atoms with Crippen LogP contribution in [0.15, 0.2) is 247 Å². The molecule has 1 heterocycles. The maximum Gasteiger partial charge on any atom is 0.143 e. The second-order valence-electron chi connectivity index (χ2n) is 17.8. The Hall–Kier alpha value is -8.20. The molecular weight excluding hydrogens is 799 g/mol. The Balaban J connectivity index is 1.21. The summed E-state index contributed by atoms with van der Waals surface area (Å²) in [7, 11) is 0. The van der Waals surface area contributed by atoms with Crippen LogP contribution in [0.4, 0.5) is 17.1 Å². The van der Waals surface area contributed by atoms with E-state index in [1.807, 2.05) is 0 Å². The molecule has 0 fully saturated rings. The molecule has 0 amide bonds. The van der Waals surface area contributed by atoms with E-state index in [0.29, 0.717) is 5.92 Å². The predicted octanol–water partition coefficient (Wildman–Crippen LogP) is 17.5. The summed E-state index contributed by atoms with van der Waals surface area (Å²) in [5.74, 6) is 0.308. The van der Waals surface area contributed by atoms with E-state index < -0.39 is 5.41 Å². The van der Waals surface area contributed by atoms with Crippen LogP contribution in [0, 0.1) is 0 Å². The van der Waals surface area contributed by atoms with Gasteiger partial charge in [0.15, 0.2) is 0 Å². The van der Waals surface area contributed by atoms with E-state index in [1.165, 1.54) is 61.2 Å². The van der Waals surface area contributed by atoms with E-state index in [0.717, 1.165) is 50.1 Å².